The highest BCUT2D eigenvalue weighted by Crippen LogP contribution is 2.30. The standard InChI is InChI=1S/C12H14F4N2O/c1-18(2)11(19)7-17-6-8-3-9(12(14,15)16)5-10(13)4-8/h3-5,17H,6-7H2,1-2H3. The number of nitrogens with one attached hydrogen (secondary N) is 1. The summed E-state index contributed by atoms with van der Waals surface area (Å²) in [5, 5.41) is 2.66. The molecule has 1 aromatic carbocycles. The Morgan fingerprint density at radius 3 is 2.42 bits per heavy atom. The van der Waals surface area contributed by atoms with Gasteiger partial charge in [0.05, 0.1) is 12.1 Å². The van der Waals surface area contributed by atoms with Crippen LogP contribution in [-0.2, 0) is 17.5 Å². The maximum atomic E-state index is 13.1. The summed E-state index contributed by atoms with van der Waals surface area (Å²) >= 11 is 0. The van der Waals surface area contributed by atoms with Gasteiger partial charge in [0, 0.05) is 20.6 Å². The van der Waals surface area contributed by atoms with Crippen molar-refractivity contribution < 1.29 is 22.4 Å². The van der Waals surface area contributed by atoms with Crippen LogP contribution in [0.3, 0.4) is 0 Å². The molecule has 0 saturated carbocycles. The normalized spacial score (nSPS) is 11.5. The molecule has 0 unspecified atom stereocenters. The van der Waals surface area contributed by atoms with Gasteiger partial charge in [0.15, 0.2) is 0 Å². The van der Waals surface area contributed by atoms with E-state index in [0.29, 0.717) is 6.07 Å². The first kappa shape index (κ1) is 15.4. The molecule has 0 aliphatic rings. The zero-order valence-corrected chi connectivity index (χ0v) is 10.5. The van der Waals surface area contributed by atoms with Gasteiger partial charge >= 0.3 is 6.18 Å². The smallest absolute Gasteiger partial charge is 0.348 e. The Bertz CT molecular complexity index is 458. The van der Waals surface area contributed by atoms with Gasteiger partial charge in [0.2, 0.25) is 5.91 Å². The summed E-state index contributed by atoms with van der Waals surface area (Å²) in [6, 6.07) is 2.30. The topological polar surface area (TPSA) is 32.3 Å². The highest BCUT2D eigenvalue weighted by atomic mass is 19.4. The molecule has 1 amide bonds. The van der Waals surface area contributed by atoms with Gasteiger partial charge in [-0.05, 0) is 23.8 Å². The number of hydrogen-bond acceptors (Lipinski definition) is 2. The van der Waals surface area contributed by atoms with E-state index in [4.69, 9.17) is 0 Å². The highest BCUT2D eigenvalue weighted by Gasteiger charge is 2.31. The monoisotopic (exact) mass is 278 g/mol. The number of likely N-dealkylation sites (N-methyl/N-ethyl adjacent to an activating group) is 1. The van der Waals surface area contributed by atoms with E-state index >= 15 is 0 Å². The van der Waals surface area contributed by atoms with Crippen molar-refractivity contribution in [3.63, 3.8) is 0 Å². The minimum Gasteiger partial charge on any atom is -0.348 e. The van der Waals surface area contributed by atoms with Crippen LogP contribution >= 0.6 is 0 Å². The Kier molecular flexibility index (Phi) is 4.88. The average Bonchev–Trinajstić information content (AvgIpc) is 2.26. The Morgan fingerprint density at radius 2 is 1.89 bits per heavy atom. The van der Waals surface area contributed by atoms with Crippen molar-refractivity contribution >= 4 is 5.91 Å². The van der Waals surface area contributed by atoms with Gasteiger partial charge in [-0.25, -0.2) is 4.39 Å². The van der Waals surface area contributed by atoms with Crippen molar-refractivity contribution in [2.75, 3.05) is 20.6 Å². The van der Waals surface area contributed by atoms with Crippen LogP contribution in [0.1, 0.15) is 11.1 Å². The summed E-state index contributed by atoms with van der Waals surface area (Å²) in [4.78, 5) is 12.6. The second-order valence-corrected chi connectivity index (χ2v) is 4.24. The number of amides is 1. The van der Waals surface area contributed by atoms with Crippen molar-refractivity contribution in [2.45, 2.75) is 12.7 Å². The molecule has 0 spiro atoms. The molecule has 3 nitrogen and oxygen atoms in total. The zero-order chi connectivity index (χ0) is 14.6. The molecule has 0 atom stereocenters. The molecule has 19 heavy (non-hydrogen) atoms. The zero-order valence-electron chi connectivity index (χ0n) is 10.5. The Morgan fingerprint density at radius 1 is 1.26 bits per heavy atom. The Labute approximate surface area is 108 Å². The summed E-state index contributed by atoms with van der Waals surface area (Å²) in [7, 11) is 3.13. The fourth-order valence-electron chi connectivity index (χ4n) is 1.39. The number of alkyl halides is 3. The number of hydrogen-bond donors (Lipinski definition) is 1. The van der Waals surface area contributed by atoms with E-state index in [2.05, 4.69) is 5.32 Å². The van der Waals surface area contributed by atoms with Crippen molar-refractivity contribution in [1.29, 1.82) is 0 Å². The van der Waals surface area contributed by atoms with Crippen molar-refractivity contribution in [1.82, 2.24) is 10.2 Å². The van der Waals surface area contributed by atoms with E-state index < -0.39 is 17.6 Å². The fraction of sp³-hybridized carbons (Fsp3) is 0.417. The van der Waals surface area contributed by atoms with Crippen molar-refractivity contribution in [3.05, 3.63) is 35.1 Å². The first-order valence-corrected chi connectivity index (χ1v) is 5.47. The molecule has 0 bridgehead atoms. The lowest BCUT2D eigenvalue weighted by atomic mass is 10.1. The van der Waals surface area contributed by atoms with Crippen LogP contribution < -0.4 is 5.32 Å². The predicted molar refractivity (Wildman–Crippen MR) is 61.8 cm³/mol. The summed E-state index contributed by atoms with van der Waals surface area (Å²) < 4.78 is 50.4. The highest BCUT2D eigenvalue weighted by molar-refractivity contribution is 5.77. The van der Waals surface area contributed by atoms with Crippen LogP contribution in [0.15, 0.2) is 18.2 Å². The summed E-state index contributed by atoms with van der Waals surface area (Å²) in [6.45, 7) is -0.0364. The SMILES string of the molecule is CN(C)C(=O)CNCc1cc(F)cc(C(F)(F)F)c1. The van der Waals surface area contributed by atoms with Gasteiger partial charge in [-0.15, -0.1) is 0 Å². The van der Waals surface area contributed by atoms with Gasteiger partial charge in [-0.3, -0.25) is 4.79 Å². The third-order valence-electron chi connectivity index (χ3n) is 2.39. The van der Waals surface area contributed by atoms with Crippen LogP contribution in [-0.4, -0.2) is 31.4 Å². The number of nitrogens with zero attached hydrogens (tertiary/aromatic N) is 1. The second kappa shape index (κ2) is 6.01. The predicted octanol–water partition coefficient (Wildman–Crippen LogP) is 2.02. The summed E-state index contributed by atoms with van der Waals surface area (Å²) in [5.41, 5.74) is -0.901. The third-order valence-corrected chi connectivity index (χ3v) is 2.39. The van der Waals surface area contributed by atoms with Crippen LogP contribution in [0.25, 0.3) is 0 Å². The Hall–Kier alpha value is -1.63. The maximum absolute atomic E-state index is 13.1. The quantitative estimate of drug-likeness (QED) is 0.855. The van der Waals surface area contributed by atoms with Crippen molar-refractivity contribution in [2.24, 2.45) is 0 Å². The molecule has 1 aromatic rings. The minimum absolute atomic E-state index is 0.0135. The molecular weight excluding hydrogens is 264 g/mol. The number of carbonyl (C=O) groups excluding carboxylic acids is 1. The van der Waals surface area contributed by atoms with Gasteiger partial charge in [-0.2, -0.15) is 13.2 Å². The molecule has 1 N–H and O–H groups in total. The molecule has 7 heteroatoms. The van der Waals surface area contributed by atoms with Gasteiger partial charge < -0.3 is 10.2 Å². The van der Waals surface area contributed by atoms with E-state index in [1.54, 1.807) is 14.1 Å². The molecular formula is C12H14F4N2O. The lowest BCUT2D eigenvalue weighted by Gasteiger charge is -2.12. The van der Waals surface area contributed by atoms with E-state index in [1.165, 1.54) is 4.90 Å². The minimum atomic E-state index is -4.59. The van der Waals surface area contributed by atoms with E-state index in [-0.39, 0.29) is 24.6 Å². The molecule has 106 valence electrons. The van der Waals surface area contributed by atoms with Gasteiger partial charge in [-0.1, -0.05) is 0 Å². The molecule has 0 aromatic heterocycles. The second-order valence-electron chi connectivity index (χ2n) is 4.24. The van der Waals surface area contributed by atoms with E-state index in [1.807, 2.05) is 0 Å². The largest absolute Gasteiger partial charge is 0.416 e. The maximum Gasteiger partial charge on any atom is 0.416 e. The van der Waals surface area contributed by atoms with Gasteiger partial charge in [0.1, 0.15) is 5.82 Å². The van der Waals surface area contributed by atoms with Crippen LogP contribution in [0.4, 0.5) is 17.6 Å². The van der Waals surface area contributed by atoms with E-state index in [9.17, 15) is 22.4 Å². The number of benzene rings is 1. The molecule has 0 aliphatic carbocycles. The number of rotatable bonds is 4. The van der Waals surface area contributed by atoms with Crippen molar-refractivity contribution in [3.8, 4) is 0 Å². The molecule has 0 saturated heterocycles. The molecule has 0 radical (unpaired) electrons. The van der Waals surface area contributed by atoms with Gasteiger partial charge in [0.25, 0.3) is 0 Å². The molecule has 0 heterocycles. The molecule has 0 fully saturated rings. The van der Waals surface area contributed by atoms with E-state index in [0.717, 1.165) is 12.1 Å². The van der Waals surface area contributed by atoms with Crippen LogP contribution in [0, 0.1) is 5.82 Å². The van der Waals surface area contributed by atoms with Crippen LogP contribution in [0.2, 0.25) is 0 Å². The summed E-state index contributed by atoms with van der Waals surface area (Å²) in [6.07, 6.45) is -4.59. The fourth-order valence-corrected chi connectivity index (χ4v) is 1.39. The third kappa shape index (κ3) is 4.86. The first-order valence-electron chi connectivity index (χ1n) is 5.47. The average molecular weight is 278 g/mol. The lowest BCUT2D eigenvalue weighted by Crippen LogP contribution is -2.32. The Balaban J connectivity index is 2.69. The molecule has 0 aliphatic heterocycles. The van der Waals surface area contributed by atoms with Crippen LogP contribution in [0.5, 0.6) is 0 Å². The number of carbonyl (C=O) groups is 1. The molecule has 1 rings (SSSR count). The summed E-state index contributed by atoms with van der Waals surface area (Å²) in [5.74, 6) is -1.17. The first-order chi connectivity index (χ1) is 8.70. The lowest BCUT2D eigenvalue weighted by molar-refractivity contribution is -0.137. The number of halogens is 4.